The van der Waals surface area contributed by atoms with E-state index in [2.05, 4.69) is 34.3 Å². The minimum atomic E-state index is -0.576. The average Bonchev–Trinajstić information content (AvgIpc) is 2.98. The first-order valence-electron chi connectivity index (χ1n) is 6.48. The summed E-state index contributed by atoms with van der Waals surface area (Å²) in [6.45, 7) is 6.46. The van der Waals surface area contributed by atoms with Crippen molar-refractivity contribution in [3.63, 3.8) is 0 Å². The highest BCUT2D eigenvalue weighted by Gasteiger charge is 2.12. The van der Waals surface area contributed by atoms with E-state index < -0.39 is 6.10 Å². The smallest absolute Gasteiger partial charge is 0.248 e. The van der Waals surface area contributed by atoms with E-state index in [1.54, 1.807) is 10.9 Å². The lowest BCUT2D eigenvalue weighted by Crippen LogP contribution is -2.02. The van der Waals surface area contributed by atoms with Gasteiger partial charge >= 0.3 is 0 Å². The second kappa shape index (κ2) is 5.92. The normalized spacial score (nSPS) is 13.1. The van der Waals surface area contributed by atoms with Gasteiger partial charge in [-0.2, -0.15) is 4.98 Å². The first kappa shape index (κ1) is 13.7. The van der Waals surface area contributed by atoms with Crippen LogP contribution in [0.3, 0.4) is 0 Å². The molecule has 0 saturated heterocycles. The summed E-state index contributed by atoms with van der Waals surface area (Å²) in [6.07, 6.45) is 2.52. The number of hydrogen-bond acceptors (Lipinski definition) is 6. The second-order valence-electron chi connectivity index (χ2n) is 4.97. The van der Waals surface area contributed by atoms with E-state index in [-0.39, 0.29) is 0 Å². The van der Waals surface area contributed by atoms with Gasteiger partial charge in [0.25, 0.3) is 0 Å². The maximum absolute atomic E-state index is 9.64. The van der Waals surface area contributed by atoms with Gasteiger partial charge in [0.2, 0.25) is 5.89 Å². The van der Waals surface area contributed by atoms with Crippen LogP contribution < -0.4 is 0 Å². The molecule has 0 amide bonds. The van der Waals surface area contributed by atoms with Crippen LogP contribution in [0.15, 0.2) is 10.7 Å². The van der Waals surface area contributed by atoms with Crippen molar-refractivity contribution >= 4 is 0 Å². The topological polar surface area (TPSA) is 89.9 Å². The van der Waals surface area contributed by atoms with Crippen molar-refractivity contribution in [2.45, 2.75) is 46.3 Å². The minimum Gasteiger partial charge on any atom is -0.387 e. The molecule has 0 aliphatic heterocycles. The summed E-state index contributed by atoms with van der Waals surface area (Å²) in [7, 11) is 0. The van der Waals surface area contributed by atoms with Crippen LogP contribution in [0.25, 0.3) is 0 Å². The molecule has 1 N–H and O–H groups in total. The molecule has 104 valence electrons. The molecule has 2 rings (SSSR count). The van der Waals surface area contributed by atoms with Crippen molar-refractivity contribution in [2.75, 3.05) is 0 Å². The van der Waals surface area contributed by atoms with E-state index in [0.717, 1.165) is 6.42 Å². The molecule has 0 aromatic carbocycles. The molecule has 2 aromatic rings. The maximum atomic E-state index is 9.64. The van der Waals surface area contributed by atoms with Gasteiger partial charge in [-0.15, -0.1) is 5.10 Å². The third-order valence-corrected chi connectivity index (χ3v) is 2.68. The molecule has 0 aliphatic rings. The highest BCUT2D eigenvalue weighted by atomic mass is 16.5. The summed E-state index contributed by atoms with van der Waals surface area (Å²) in [5, 5.41) is 21.4. The fraction of sp³-hybridized carbons (Fsp3) is 0.667. The molecular weight excluding hydrogens is 246 g/mol. The van der Waals surface area contributed by atoms with Crippen molar-refractivity contribution < 1.29 is 9.63 Å². The molecule has 0 spiro atoms. The van der Waals surface area contributed by atoms with Crippen LogP contribution in [0.4, 0.5) is 0 Å². The van der Waals surface area contributed by atoms with Crippen LogP contribution in [0, 0.1) is 5.92 Å². The van der Waals surface area contributed by atoms with Crippen LogP contribution in [0.5, 0.6) is 0 Å². The Morgan fingerprint density at radius 2 is 2.21 bits per heavy atom. The predicted molar refractivity (Wildman–Crippen MR) is 67.2 cm³/mol. The van der Waals surface area contributed by atoms with Gasteiger partial charge in [0, 0.05) is 6.42 Å². The van der Waals surface area contributed by atoms with Crippen molar-refractivity contribution in [1.82, 2.24) is 25.1 Å². The number of aliphatic hydroxyl groups is 1. The van der Waals surface area contributed by atoms with Crippen LogP contribution in [-0.4, -0.2) is 30.2 Å². The fourth-order valence-electron chi connectivity index (χ4n) is 1.69. The molecule has 0 bridgehead atoms. The number of aliphatic hydroxyl groups excluding tert-OH is 1. The molecule has 2 heterocycles. The van der Waals surface area contributed by atoms with E-state index in [0.29, 0.717) is 36.3 Å². The Kier molecular flexibility index (Phi) is 4.26. The van der Waals surface area contributed by atoms with Gasteiger partial charge in [-0.25, -0.2) is 4.68 Å². The van der Waals surface area contributed by atoms with Gasteiger partial charge in [-0.1, -0.05) is 31.1 Å². The molecule has 19 heavy (non-hydrogen) atoms. The van der Waals surface area contributed by atoms with Crippen LogP contribution >= 0.6 is 0 Å². The monoisotopic (exact) mass is 265 g/mol. The third kappa shape index (κ3) is 3.60. The molecule has 0 fully saturated rings. The third-order valence-electron chi connectivity index (χ3n) is 2.68. The summed E-state index contributed by atoms with van der Waals surface area (Å²) < 4.78 is 6.74. The molecule has 1 atom stereocenters. The van der Waals surface area contributed by atoms with E-state index in [4.69, 9.17) is 4.52 Å². The van der Waals surface area contributed by atoms with Gasteiger partial charge < -0.3 is 9.63 Å². The molecule has 0 aliphatic carbocycles. The zero-order valence-corrected chi connectivity index (χ0v) is 11.4. The van der Waals surface area contributed by atoms with E-state index in [9.17, 15) is 5.11 Å². The standard InChI is InChI=1S/C12H19N5O2/c1-4-10(18)9-6-17(16-14-9)7-12-13-11(15-19-12)5-8(2)3/h6,8,10,18H,4-5,7H2,1-3H3. The van der Waals surface area contributed by atoms with Crippen LogP contribution in [0.1, 0.15) is 50.7 Å². The number of rotatable bonds is 6. The SMILES string of the molecule is CCC(O)c1cn(Cc2nc(CC(C)C)no2)nn1. The lowest BCUT2D eigenvalue weighted by atomic mass is 10.1. The van der Waals surface area contributed by atoms with Crippen LogP contribution in [0.2, 0.25) is 0 Å². The molecule has 7 nitrogen and oxygen atoms in total. The second-order valence-corrected chi connectivity index (χ2v) is 4.97. The van der Waals surface area contributed by atoms with Gasteiger partial charge in [0.15, 0.2) is 5.82 Å². The highest BCUT2D eigenvalue weighted by molar-refractivity contribution is 4.98. The Hall–Kier alpha value is -1.76. The van der Waals surface area contributed by atoms with E-state index >= 15 is 0 Å². The Morgan fingerprint density at radius 3 is 2.89 bits per heavy atom. The summed E-state index contributed by atoms with van der Waals surface area (Å²) in [4.78, 5) is 4.29. The quantitative estimate of drug-likeness (QED) is 0.848. The van der Waals surface area contributed by atoms with Crippen molar-refractivity contribution in [3.05, 3.63) is 23.6 Å². The van der Waals surface area contributed by atoms with Gasteiger partial charge in [0.1, 0.15) is 12.2 Å². The molecular formula is C12H19N5O2. The lowest BCUT2D eigenvalue weighted by molar-refractivity contribution is 0.168. The van der Waals surface area contributed by atoms with Crippen molar-refractivity contribution in [2.24, 2.45) is 5.92 Å². The van der Waals surface area contributed by atoms with Gasteiger partial charge in [0.05, 0.1) is 12.3 Å². The van der Waals surface area contributed by atoms with Crippen LogP contribution in [-0.2, 0) is 13.0 Å². The summed E-state index contributed by atoms with van der Waals surface area (Å²) in [6, 6.07) is 0. The fourth-order valence-corrected chi connectivity index (χ4v) is 1.69. The largest absolute Gasteiger partial charge is 0.387 e. The lowest BCUT2D eigenvalue weighted by Gasteiger charge is -2.00. The highest BCUT2D eigenvalue weighted by Crippen LogP contribution is 2.12. The van der Waals surface area contributed by atoms with Crippen molar-refractivity contribution in [1.29, 1.82) is 0 Å². The molecule has 0 radical (unpaired) electrons. The average molecular weight is 265 g/mol. The predicted octanol–water partition coefficient (Wildman–Crippen LogP) is 1.35. The molecule has 7 heteroatoms. The molecule has 0 saturated carbocycles. The minimum absolute atomic E-state index is 0.370. The summed E-state index contributed by atoms with van der Waals surface area (Å²) in [5.41, 5.74) is 0.560. The first-order valence-corrected chi connectivity index (χ1v) is 6.48. The van der Waals surface area contributed by atoms with Crippen molar-refractivity contribution in [3.8, 4) is 0 Å². The summed E-state index contributed by atoms with van der Waals surface area (Å²) >= 11 is 0. The Bertz CT molecular complexity index is 520. The Labute approximate surface area is 111 Å². The molecule has 1 unspecified atom stereocenters. The zero-order chi connectivity index (χ0) is 13.8. The zero-order valence-electron chi connectivity index (χ0n) is 11.4. The molecule has 2 aromatic heterocycles. The Morgan fingerprint density at radius 1 is 1.42 bits per heavy atom. The number of aromatic nitrogens is 5. The first-order chi connectivity index (χ1) is 9.08. The van der Waals surface area contributed by atoms with E-state index in [1.165, 1.54) is 0 Å². The Balaban J connectivity index is 2.00. The number of hydrogen-bond donors (Lipinski definition) is 1. The maximum Gasteiger partial charge on any atom is 0.248 e. The number of nitrogens with zero attached hydrogens (tertiary/aromatic N) is 5. The summed E-state index contributed by atoms with van der Waals surface area (Å²) in [5.74, 6) is 1.69. The van der Waals surface area contributed by atoms with Gasteiger partial charge in [-0.05, 0) is 12.3 Å². The van der Waals surface area contributed by atoms with E-state index in [1.807, 2.05) is 6.92 Å². The van der Waals surface area contributed by atoms with Gasteiger partial charge in [-0.3, -0.25) is 0 Å².